The second kappa shape index (κ2) is 4.53. The molecule has 0 atom stereocenters. The predicted octanol–water partition coefficient (Wildman–Crippen LogP) is 1.13. The maximum absolute atomic E-state index is 9.91. The average molecular weight is 166 g/mol. The van der Waals surface area contributed by atoms with Crippen LogP contribution in [0.1, 0.15) is 25.7 Å². The lowest BCUT2D eigenvalue weighted by molar-refractivity contribution is 0.114. The first-order valence-electron chi connectivity index (χ1n) is 3.98. The highest BCUT2D eigenvalue weighted by Crippen LogP contribution is 2.22. The Morgan fingerprint density at radius 3 is 2.50 bits per heavy atom. The first-order chi connectivity index (χ1) is 5.86. The van der Waals surface area contributed by atoms with Crippen LogP contribution in [-0.4, -0.2) is 18.2 Å². The maximum Gasteiger partial charge on any atom is 0.286 e. The molecule has 4 heteroatoms. The van der Waals surface area contributed by atoms with Crippen molar-refractivity contribution in [3.05, 3.63) is 0 Å². The van der Waals surface area contributed by atoms with E-state index < -0.39 is 0 Å². The molecule has 0 aromatic rings. The summed E-state index contributed by atoms with van der Waals surface area (Å²) < 4.78 is 4.77. The molecule has 0 bridgehead atoms. The van der Waals surface area contributed by atoms with E-state index in [0.717, 1.165) is 25.7 Å². The molecular formula is C8H10N2O2. The van der Waals surface area contributed by atoms with Gasteiger partial charge in [0.15, 0.2) is 0 Å². The minimum Gasteiger partial charge on any atom is -0.424 e. The van der Waals surface area contributed by atoms with Crippen LogP contribution >= 0.6 is 0 Å². The van der Waals surface area contributed by atoms with Gasteiger partial charge in [0.2, 0.25) is 6.08 Å². The lowest BCUT2D eigenvalue weighted by atomic mass is 9.93. The number of aliphatic imine (C=N–C) groups is 1. The van der Waals surface area contributed by atoms with Crippen LogP contribution in [0, 0.1) is 11.5 Å². The van der Waals surface area contributed by atoms with Crippen molar-refractivity contribution < 1.29 is 9.53 Å². The largest absolute Gasteiger partial charge is 0.424 e. The third-order valence-electron chi connectivity index (χ3n) is 2.10. The predicted molar refractivity (Wildman–Crippen MR) is 40.9 cm³/mol. The molecule has 0 unspecified atom stereocenters. The molecule has 0 N–H and O–H groups in total. The Kier molecular flexibility index (Phi) is 3.31. The molecule has 64 valence electrons. The molecule has 1 rings (SSSR count). The average Bonchev–Trinajstić information content (AvgIpc) is 2.09. The van der Waals surface area contributed by atoms with Gasteiger partial charge >= 0.3 is 0 Å². The molecule has 0 amide bonds. The lowest BCUT2D eigenvalue weighted by Crippen LogP contribution is -2.22. The van der Waals surface area contributed by atoms with Gasteiger partial charge in [-0.2, -0.15) is 5.26 Å². The second-order valence-corrected chi connectivity index (χ2v) is 2.86. The smallest absolute Gasteiger partial charge is 0.286 e. The summed E-state index contributed by atoms with van der Waals surface area (Å²) in [5.41, 5.74) is 0. The highest BCUT2D eigenvalue weighted by Gasteiger charge is 2.21. The van der Waals surface area contributed by atoms with Crippen molar-refractivity contribution in [3.63, 3.8) is 0 Å². The summed E-state index contributed by atoms with van der Waals surface area (Å²) in [6.07, 6.45) is 6.52. The van der Waals surface area contributed by atoms with E-state index in [-0.39, 0.29) is 12.1 Å². The molecule has 12 heavy (non-hydrogen) atoms. The minimum atomic E-state index is 0.0353. The molecule has 1 fully saturated rings. The van der Waals surface area contributed by atoms with Gasteiger partial charge in [-0.25, -0.2) is 9.79 Å². The maximum atomic E-state index is 9.91. The minimum absolute atomic E-state index is 0.0353. The van der Waals surface area contributed by atoms with Gasteiger partial charge in [-0.3, -0.25) is 0 Å². The van der Waals surface area contributed by atoms with Gasteiger partial charge in [0.05, 0.1) is 6.04 Å². The summed E-state index contributed by atoms with van der Waals surface area (Å²) in [7, 11) is 0. The quantitative estimate of drug-likeness (QED) is 0.351. The van der Waals surface area contributed by atoms with Crippen LogP contribution in [0.3, 0.4) is 0 Å². The molecule has 4 nitrogen and oxygen atoms in total. The summed E-state index contributed by atoms with van der Waals surface area (Å²) in [6.45, 7) is 0. The van der Waals surface area contributed by atoms with E-state index in [4.69, 9.17) is 10.00 Å². The van der Waals surface area contributed by atoms with E-state index >= 15 is 0 Å². The van der Waals surface area contributed by atoms with Crippen LogP contribution in [0.2, 0.25) is 0 Å². The van der Waals surface area contributed by atoms with Gasteiger partial charge in [0.25, 0.3) is 6.26 Å². The van der Waals surface area contributed by atoms with E-state index in [1.165, 1.54) is 0 Å². The Morgan fingerprint density at radius 1 is 1.33 bits per heavy atom. The van der Waals surface area contributed by atoms with Crippen LogP contribution in [-0.2, 0) is 9.53 Å². The van der Waals surface area contributed by atoms with Crippen molar-refractivity contribution in [2.24, 2.45) is 4.99 Å². The second-order valence-electron chi connectivity index (χ2n) is 2.86. The molecule has 1 aliphatic carbocycles. The standard InChI is InChI=1S/C8H10N2O2/c9-5-12-8-3-1-7(2-4-8)10-6-11/h7-8H,1-4H2. The molecular weight excluding hydrogens is 156 g/mol. The van der Waals surface area contributed by atoms with Gasteiger partial charge in [0.1, 0.15) is 6.10 Å². The molecule has 0 radical (unpaired) electrons. The summed E-state index contributed by atoms with van der Waals surface area (Å²) >= 11 is 0. The fourth-order valence-corrected chi connectivity index (χ4v) is 1.44. The highest BCUT2D eigenvalue weighted by atomic mass is 16.5. The Hall–Kier alpha value is -1.33. The number of hydrogen-bond donors (Lipinski definition) is 0. The summed E-state index contributed by atoms with van der Waals surface area (Å²) in [4.78, 5) is 13.5. The third kappa shape index (κ3) is 2.37. The Bertz CT molecular complexity index is 220. The fraction of sp³-hybridized carbons (Fsp3) is 0.750. The van der Waals surface area contributed by atoms with Crippen molar-refractivity contribution in [3.8, 4) is 6.26 Å². The monoisotopic (exact) mass is 166 g/mol. The van der Waals surface area contributed by atoms with Crippen LogP contribution < -0.4 is 0 Å². The summed E-state index contributed by atoms with van der Waals surface area (Å²) in [5, 5.41) is 8.23. The zero-order chi connectivity index (χ0) is 8.81. The van der Waals surface area contributed by atoms with E-state index in [9.17, 15) is 4.79 Å². The van der Waals surface area contributed by atoms with E-state index in [2.05, 4.69) is 4.99 Å². The van der Waals surface area contributed by atoms with Crippen LogP contribution in [0.25, 0.3) is 0 Å². The molecule has 0 heterocycles. The normalized spacial score (nSPS) is 28.2. The first-order valence-corrected chi connectivity index (χ1v) is 3.98. The third-order valence-corrected chi connectivity index (χ3v) is 2.10. The SMILES string of the molecule is N#COC1CCC(N=C=O)CC1. The molecule has 0 saturated heterocycles. The van der Waals surface area contributed by atoms with Crippen molar-refractivity contribution in [1.29, 1.82) is 5.26 Å². The fourth-order valence-electron chi connectivity index (χ4n) is 1.44. The van der Waals surface area contributed by atoms with Gasteiger partial charge in [-0.1, -0.05) is 0 Å². The van der Waals surface area contributed by atoms with Crippen molar-refractivity contribution in [1.82, 2.24) is 0 Å². The van der Waals surface area contributed by atoms with E-state index in [0.29, 0.717) is 0 Å². The molecule has 0 aromatic heterocycles. The van der Waals surface area contributed by atoms with Crippen LogP contribution in [0.4, 0.5) is 0 Å². The van der Waals surface area contributed by atoms with Gasteiger partial charge < -0.3 is 4.74 Å². The highest BCUT2D eigenvalue weighted by molar-refractivity contribution is 5.33. The summed E-state index contributed by atoms with van der Waals surface area (Å²) in [6, 6.07) is 0.0982. The molecule has 0 aliphatic heterocycles. The van der Waals surface area contributed by atoms with Crippen molar-refractivity contribution in [2.75, 3.05) is 0 Å². The van der Waals surface area contributed by atoms with Crippen LogP contribution in [0.5, 0.6) is 0 Å². The van der Waals surface area contributed by atoms with Crippen molar-refractivity contribution >= 4 is 6.08 Å². The van der Waals surface area contributed by atoms with Gasteiger partial charge in [-0.15, -0.1) is 0 Å². The number of carbonyl (C=O) groups excluding carboxylic acids is 1. The number of nitrogens with zero attached hydrogens (tertiary/aromatic N) is 2. The van der Waals surface area contributed by atoms with Crippen LogP contribution in [0.15, 0.2) is 4.99 Å². The lowest BCUT2D eigenvalue weighted by Gasteiger charge is -2.22. The number of hydrogen-bond acceptors (Lipinski definition) is 4. The molecule has 0 spiro atoms. The number of nitriles is 1. The molecule has 1 saturated carbocycles. The Morgan fingerprint density at radius 2 is 2.00 bits per heavy atom. The molecule has 0 aromatic carbocycles. The zero-order valence-corrected chi connectivity index (χ0v) is 6.69. The van der Waals surface area contributed by atoms with E-state index in [1.807, 2.05) is 0 Å². The van der Waals surface area contributed by atoms with Gasteiger partial charge in [0, 0.05) is 0 Å². The Labute approximate surface area is 70.9 Å². The van der Waals surface area contributed by atoms with Gasteiger partial charge in [-0.05, 0) is 25.7 Å². The zero-order valence-electron chi connectivity index (χ0n) is 6.69. The van der Waals surface area contributed by atoms with E-state index in [1.54, 1.807) is 12.3 Å². The number of rotatable bonds is 2. The summed E-state index contributed by atoms with van der Waals surface area (Å²) in [5.74, 6) is 0. The van der Waals surface area contributed by atoms with Crippen molar-refractivity contribution in [2.45, 2.75) is 37.8 Å². The topological polar surface area (TPSA) is 62.4 Å². The number of ether oxygens (including phenoxy) is 1. The Balaban J connectivity index is 2.30. The molecule has 1 aliphatic rings. The first kappa shape index (κ1) is 8.76. The number of isocyanates is 1.